The largest absolute Gasteiger partial charge is 0.457 e. The summed E-state index contributed by atoms with van der Waals surface area (Å²) in [7, 11) is 0. The molecule has 0 unspecified atom stereocenters. The van der Waals surface area contributed by atoms with Gasteiger partial charge in [0.2, 0.25) is 12.7 Å². The van der Waals surface area contributed by atoms with Gasteiger partial charge in [0.25, 0.3) is 0 Å². The molecule has 0 saturated carbocycles. The van der Waals surface area contributed by atoms with Crippen LogP contribution in [0.2, 0.25) is 0 Å². The van der Waals surface area contributed by atoms with E-state index in [1.165, 1.54) is 6.07 Å². The van der Waals surface area contributed by atoms with Crippen molar-refractivity contribution in [2.24, 2.45) is 0 Å². The fraction of sp³-hybridized carbons (Fsp3) is 0.375. The Morgan fingerprint density at radius 3 is 2.76 bits per heavy atom. The normalized spacial score (nSPS) is 15.3. The summed E-state index contributed by atoms with van der Waals surface area (Å²) >= 11 is 0. The molecule has 0 atom stereocenters. The standard InChI is InChI=1S/C16H16N2O7/c19-11(10-3-4-12-13(6-10)25-9-24-12)8-23-15(21)2-1-5-18-14(20)7-17-16(18)22/h3-4,6H,1-2,5,7-9H2,(H,17,22). The molecule has 0 aliphatic carbocycles. The van der Waals surface area contributed by atoms with Gasteiger partial charge in [0.1, 0.15) is 0 Å². The zero-order valence-electron chi connectivity index (χ0n) is 13.3. The second-order valence-corrected chi connectivity index (χ2v) is 5.46. The van der Waals surface area contributed by atoms with E-state index in [1.54, 1.807) is 12.1 Å². The Morgan fingerprint density at radius 2 is 2.00 bits per heavy atom. The van der Waals surface area contributed by atoms with Crippen LogP contribution < -0.4 is 14.8 Å². The number of carbonyl (C=O) groups excluding carboxylic acids is 4. The highest BCUT2D eigenvalue weighted by Gasteiger charge is 2.27. The average molecular weight is 348 g/mol. The maximum Gasteiger partial charge on any atom is 0.324 e. The number of esters is 1. The van der Waals surface area contributed by atoms with Crippen LogP contribution in [-0.2, 0) is 14.3 Å². The average Bonchev–Trinajstić information content (AvgIpc) is 3.20. The topological polar surface area (TPSA) is 111 Å². The Morgan fingerprint density at radius 1 is 1.20 bits per heavy atom. The predicted molar refractivity (Wildman–Crippen MR) is 82.2 cm³/mol. The van der Waals surface area contributed by atoms with E-state index in [0.29, 0.717) is 17.1 Å². The van der Waals surface area contributed by atoms with Crippen LogP contribution in [0.1, 0.15) is 23.2 Å². The molecule has 3 amide bonds. The highest BCUT2D eigenvalue weighted by Crippen LogP contribution is 2.32. The highest BCUT2D eigenvalue weighted by atomic mass is 16.7. The molecule has 1 aromatic rings. The third-order valence-corrected chi connectivity index (χ3v) is 3.76. The van der Waals surface area contributed by atoms with Crippen LogP contribution in [0.5, 0.6) is 11.5 Å². The first-order valence-corrected chi connectivity index (χ1v) is 7.71. The van der Waals surface area contributed by atoms with Crippen LogP contribution in [0, 0.1) is 0 Å². The number of ketones is 1. The van der Waals surface area contributed by atoms with Crippen LogP contribution in [0.15, 0.2) is 18.2 Å². The summed E-state index contributed by atoms with van der Waals surface area (Å²) < 4.78 is 15.3. The van der Waals surface area contributed by atoms with Gasteiger partial charge in [0, 0.05) is 18.5 Å². The molecule has 132 valence electrons. The lowest BCUT2D eigenvalue weighted by molar-refractivity contribution is -0.142. The summed E-state index contributed by atoms with van der Waals surface area (Å²) in [5.41, 5.74) is 0.358. The van der Waals surface area contributed by atoms with E-state index in [0.717, 1.165) is 4.90 Å². The molecule has 3 rings (SSSR count). The Kier molecular flexibility index (Phi) is 4.82. The van der Waals surface area contributed by atoms with Gasteiger partial charge in [-0.15, -0.1) is 0 Å². The summed E-state index contributed by atoms with van der Waals surface area (Å²) in [6.45, 7) is -0.162. The van der Waals surface area contributed by atoms with E-state index in [9.17, 15) is 19.2 Å². The molecular formula is C16H16N2O7. The van der Waals surface area contributed by atoms with Gasteiger partial charge in [0.15, 0.2) is 23.9 Å². The van der Waals surface area contributed by atoms with Gasteiger partial charge in [-0.1, -0.05) is 0 Å². The first kappa shape index (κ1) is 16.7. The van der Waals surface area contributed by atoms with Crippen molar-refractivity contribution >= 4 is 23.7 Å². The summed E-state index contributed by atoms with van der Waals surface area (Å²) in [5, 5.41) is 2.39. The van der Waals surface area contributed by atoms with Gasteiger partial charge >= 0.3 is 12.0 Å². The van der Waals surface area contributed by atoms with Crippen molar-refractivity contribution in [3.8, 4) is 11.5 Å². The summed E-state index contributed by atoms with van der Waals surface area (Å²) in [6, 6.07) is 4.27. The molecule has 2 aliphatic rings. The van der Waals surface area contributed by atoms with Gasteiger partial charge < -0.3 is 19.5 Å². The van der Waals surface area contributed by atoms with E-state index in [4.69, 9.17) is 14.2 Å². The first-order chi connectivity index (χ1) is 12.0. The molecule has 9 nitrogen and oxygen atoms in total. The minimum atomic E-state index is -0.568. The smallest absolute Gasteiger partial charge is 0.324 e. The van der Waals surface area contributed by atoms with E-state index in [-0.39, 0.29) is 51.0 Å². The maximum absolute atomic E-state index is 12.0. The molecule has 1 saturated heterocycles. The van der Waals surface area contributed by atoms with Crippen LogP contribution in [0.25, 0.3) is 0 Å². The van der Waals surface area contributed by atoms with Crippen molar-refractivity contribution in [2.75, 3.05) is 26.5 Å². The van der Waals surface area contributed by atoms with Crippen molar-refractivity contribution in [3.63, 3.8) is 0 Å². The highest BCUT2D eigenvalue weighted by molar-refractivity contribution is 6.02. The van der Waals surface area contributed by atoms with Gasteiger partial charge in [-0.25, -0.2) is 4.79 Å². The number of hydrogen-bond donors (Lipinski definition) is 1. The molecule has 1 N–H and O–H groups in total. The van der Waals surface area contributed by atoms with Crippen LogP contribution in [0.4, 0.5) is 4.79 Å². The number of benzene rings is 1. The lowest BCUT2D eigenvalue weighted by Gasteiger charge is -2.11. The second-order valence-electron chi connectivity index (χ2n) is 5.46. The molecule has 0 bridgehead atoms. The van der Waals surface area contributed by atoms with Crippen molar-refractivity contribution in [1.29, 1.82) is 0 Å². The molecule has 1 aromatic carbocycles. The fourth-order valence-corrected chi connectivity index (χ4v) is 2.43. The molecule has 9 heteroatoms. The van der Waals surface area contributed by atoms with Crippen LogP contribution in [-0.4, -0.2) is 55.1 Å². The van der Waals surface area contributed by atoms with Crippen molar-refractivity contribution in [2.45, 2.75) is 12.8 Å². The monoisotopic (exact) mass is 348 g/mol. The lowest BCUT2D eigenvalue weighted by atomic mass is 10.1. The predicted octanol–water partition coefficient (Wildman–Crippen LogP) is 0.473. The van der Waals surface area contributed by atoms with E-state index in [2.05, 4.69) is 5.32 Å². The summed E-state index contributed by atoms with van der Waals surface area (Å²) in [4.78, 5) is 47.5. The number of Topliss-reactive ketones (excluding diaryl/α,β-unsaturated/α-hetero) is 1. The zero-order chi connectivity index (χ0) is 17.8. The number of nitrogens with one attached hydrogen (secondary N) is 1. The Hall–Kier alpha value is -3.10. The first-order valence-electron chi connectivity index (χ1n) is 7.71. The Balaban J connectivity index is 1.40. The maximum atomic E-state index is 12.0. The van der Waals surface area contributed by atoms with Crippen LogP contribution >= 0.6 is 0 Å². The number of amides is 3. The van der Waals surface area contributed by atoms with E-state index in [1.807, 2.05) is 0 Å². The molecule has 0 radical (unpaired) electrons. The number of rotatable bonds is 7. The lowest BCUT2D eigenvalue weighted by Crippen LogP contribution is -2.32. The molecule has 0 spiro atoms. The number of urea groups is 1. The van der Waals surface area contributed by atoms with E-state index >= 15 is 0 Å². The van der Waals surface area contributed by atoms with Crippen LogP contribution in [0.3, 0.4) is 0 Å². The Labute approximate surface area is 142 Å². The zero-order valence-corrected chi connectivity index (χ0v) is 13.3. The van der Waals surface area contributed by atoms with Gasteiger partial charge in [0.05, 0.1) is 6.54 Å². The summed E-state index contributed by atoms with van der Waals surface area (Å²) in [6.07, 6.45) is 0.279. The quantitative estimate of drug-likeness (QED) is 0.433. The number of nitrogens with zero attached hydrogens (tertiary/aromatic N) is 1. The minimum Gasteiger partial charge on any atom is -0.457 e. The summed E-state index contributed by atoms with van der Waals surface area (Å²) in [5.74, 6) is -0.210. The minimum absolute atomic E-state index is 0.00544. The third-order valence-electron chi connectivity index (χ3n) is 3.76. The van der Waals surface area contributed by atoms with E-state index < -0.39 is 12.0 Å². The van der Waals surface area contributed by atoms with Gasteiger partial charge in [-0.05, 0) is 24.6 Å². The number of hydrogen-bond acceptors (Lipinski definition) is 7. The molecule has 0 aromatic heterocycles. The SMILES string of the molecule is O=C(CCCN1C(=O)CNC1=O)OCC(=O)c1ccc2c(c1)OCO2. The second kappa shape index (κ2) is 7.20. The molecule has 25 heavy (non-hydrogen) atoms. The van der Waals surface area contributed by atoms with Gasteiger partial charge in [-0.2, -0.15) is 0 Å². The molecule has 2 heterocycles. The fourth-order valence-electron chi connectivity index (χ4n) is 2.43. The van der Waals surface area contributed by atoms with Crippen molar-refractivity contribution < 1.29 is 33.4 Å². The Bertz CT molecular complexity index is 715. The number of ether oxygens (including phenoxy) is 3. The molecular weight excluding hydrogens is 332 g/mol. The number of fused-ring (bicyclic) bond motifs is 1. The third kappa shape index (κ3) is 3.87. The number of imide groups is 1. The van der Waals surface area contributed by atoms with Crippen molar-refractivity contribution in [3.05, 3.63) is 23.8 Å². The molecule has 1 fully saturated rings. The molecule has 2 aliphatic heterocycles. The van der Waals surface area contributed by atoms with Crippen molar-refractivity contribution in [1.82, 2.24) is 10.2 Å². The van der Waals surface area contributed by atoms with Gasteiger partial charge in [-0.3, -0.25) is 19.3 Å². The number of carbonyl (C=O) groups is 4.